The first-order valence-electron chi connectivity index (χ1n) is 10.3. The number of nitrogens with zero attached hydrogens (tertiary/aromatic N) is 1. The van der Waals surface area contributed by atoms with Crippen LogP contribution in [0.4, 0.5) is 0 Å². The lowest BCUT2D eigenvalue weighted by Gasteiger charge is -2.16. The standard InChI is InChI=1S/C24H27NO6S/c1-4-31-18-8-6-17(7-9-18)21-22(32-14-13-26)24(28)25(23(21)27)12-11-16-5-10-19(29-2)20(15-16)30-3/h5-10,15,26H,4,11-14H2,1-3H3. The van der Waals surface area contributed by atoms with Gasteiger partial charge in [0.1, 0.15) is 5.75 Å². The molecule has 0 saturated heterocycles. The minimum absolute atomic E-state index is 0.0855. The molecule has 0 aromatic heterocycles. The number of rotatable bonds is 11. The Balaban J connectivity index is 1.82. The van der Waals surface area contributed by atoms with Gasteiger partial charge in [0.05, 0.1) is 37.9 Å². The number of amides is 2. The van der Waals surface area contributed by atoms with Crippen LogP contribution in [0, 0.1) is 0 Å². The highest BCUT2D eigenvalue weighted by Gasteiger charge is 2.38. The number of methoxy groups -OCH3 is 2. The highest BCUT2D eigenvalue weighted by molar-refractivity contribution is 8.04. The summed E-state index contributed by atoms with van der Waals surface area (Å²) in [7, 11) is 3.13. The number of aliphatic hydroxyl groups excluding tert-OH is 1. The van der Waals surface area contributed by atoms with Crippen molar-refractivity contribution in [2.75, 3.05) is 39.7 Å². The van der Waals surface area contributed by atoms with E-state index in [2.05, 4.69) is 0 Å². The highest BCUT2D eigenvalue weighted by atomic mass is 32.2. The second-order valence-electron chi connectivity index (χ2n) is 6.93. The molecule has 0 atom stereocenters. The molecule has 0 bridgehead atoms. The molecule has 0 unspecified atom stereocenters. The van der Waals surface area contributed by atoms with Crippen LogP contribution in [0.5, 0.6) is 17.2 Å². The normalized spacial score (nSPS) is 13.7. The number of hydrogen-bond acceptors (Lipinski definition) is 7. The predicted octanol–water partition coefficient (Wildman–Crippen LogP) is 3.15. The third kappa shape index (κ3) is 5.08. The molecule has 170 valence electrons. The van der Waals surface area contributed by atoms with Crippen molar-refractivity contribution in [2.45, 2.75) is 13.3 Å². The van der Waals surface area contributed by atoms with Gasteiger partial charge in [0, 0.05) is 12.3 Å². The third-order valence-electron chi connectivity index (χ3n) is 4.99. The molecule has 8 heteroatoms. The molecule has 1 aliphatic rings. The summed E-state index contributed by atoms with van der Waals surface area (Å²) < 4.78 is 16.1. The van der Waals surface area contributed by atoms with Crippen molar-refractivity contribution >= 4 is 29.1 Å². The summed E-state index contributed by atoms with van der Waals surface area (Å²) in [6, 6.07) is 12.6. The average molecular weight is 458 g/mol. The lowest BCUT2D eigenvalue weighted by atomic mass is 10.1. The van der Waals surface area contributed by atoms with E-state index < -0.39 is 0 Å². The Kier molecular flexibility index (Phi) is 8.19. The fraction of sp³-hybridized carbons (Fsp3) is 0.333. The van der Waals surface area contributed by atoms with Crippen LogP contribution >= 0.6 is 11.8 Å². The van der Waals surface area contributed by atoms with E-state index in [1.165, 1.54) is 16.7 Å². The summed E-state index contributed by atoms with van der Waals surface area (Å²) >= 11 is 1.20. The zero-order valence-electron chi connectivity index (χ0n) is 18.4. The molecule has 32 heavy (non-hydrogen) atoms. The van der Waals surface area contributed by atoms with Gasteiger partial charge in [0.15, 0.2) is 11.5 Å². The van der Waals surface area contributed by atoms with Crippen molar-refractivity contribution in [3.8, 4) is 17.2 Å². The summed E-state index contributed by atoms with van der Waals surface area (Å²) in [6.45, 7) is 2.59. The summed E-state index contributed by atoms with van der Waals surface area (Å²) in [6.07, 6.45) is 0.479. The number of aliphatic hydroxyl groups is 1. The van der Waals surface area contributed by atoms with Crippen LogP contribution in [-0.4, -0.2) is 61.6 Å². The number of carbonyl (C=O) groups excluding carboxylic acids is 2. The summed E-state index contributed by atoms with van der Waals surface area (Å²) in [4.78, 5) is 28.0. The zero-order chi connectivity index (χ0) is 23.1. The van der Waals surface area contributed by atoms with Gasteiger partial charge in [0.2, 0.25) is 0 Å². The van der Waals surface area contributed by atoms with Gasteiger partial charge < -0.3 is 19.3 Å². The Hall–Kier alpha value is -2.97. The maximum Gasteiger partial charge on any atom is 0.267 e. The first-order chi connectivity index (χ1) is 15.5. The maximum absolute atomic E-state index is 13.2. The van der Waals surface area contributed by atoms with Gasteiger partial charge in [-0.1, -0.05) is 18.2 Å². The van der Waals surface area contributed by atoms with E-state index in [1.54, 1.807) is 44.6 Å². The van der Waals surface area contributed by atoms with Gasteiger partial charge in [-0.3, -0.25) is 14.5 Å². The Morgan fingerprint density at radius 2 is 1.69 bits per heavy atom. The maximum atomic E-state index is 13.2. The monoisotopic (exact) mass is 457 g/mol. The van der Waals surface area contributed by atoms with Crippen molar-refractivity contribution in [3.63, 3.8) is 0 Å². The topological polar surface area (TPSA) is 85.3 Å². The largest absolute Gasteiger partial charge is 0.494 e. The van der Waals surface area contributed by atoms with E-state index >= 15 is 0 Å². The molecule has 1 aliphatic heterocycles. The molecular formula is C24H27NO6S. The van der Waals surface area contributed by atoms with Gasteiger partial charge in [-0.25, -0.2) is 0 Å². The molecule has 0 aliphatic carbocycles. The molecule has 0 saturated carbocycles. The summed E-state index contributed by atoms with van der Waals surface area (Å²) in [5.41, 5.74) is 1.94. The quantitative estimate of drug-likeness (QED) is 0.519. The zero-order valence-corrected chi connectivity index (χ0v) is 19.2. The molecule has 1 N–H and O–H groups in total. The molecule has 3 rings (SSSR count). The predicted molar refractivity (Wildman–Crippen MR) is 124 cm³/mol. The highest BCUT2D eigenvalue weighted by Crippen LogP contribution is 2.37. The van der Waals surface area contributed by atoms with E-state index in [-0.39, 0.29) is 25.0 Å². The van der Waals surface area contributed by atoms with Gasteiger partial charge in [-0.15, -0.1) is 11.8 Å². The van der Waals surface area contributed by atoms with Crippen molar-refractivity contribution in [3.05, 3.63) is 58.5 Å². The van der Waals surface area contributed by atoms with E-state index in [0.717, 1.165) is 5.56 Å². The Bertz CT molecular complexity index is 1000. The lowest BCUT2D eigenvalue weighted by molar-refractivity contribution is -0.136. The number of thioether (sulfide) groups is 1. The first-order valence-corrected chi connectivity index (χ1v) is 11.3. The lowest BCUT2D eigenvalue weighted by Crippen LogP contribution is -2.33. The van der Waals surface area contributed by atoms with Crippen molar-refractivity contribution in [1.82, 2.24) is 4.90 Å². The summed E-state index contributed by atoms with van der Waals surface area (Å²) in [5, 5.41) is 9.25. The second kappa shape index (κ2) is 11.1. The Morgan fingerprint density at radius 3 is 2.31 bits per heavy atom. The van der Waals surface area contributed by atoms with E-state index in [9.17, 15) is 14.7 Å². The van der Waals surface area contributed by atoms with Crippen LogP contribution in [0.15, 0.2) is 47.4 Å². The summed E-state index contributed by atoms with van der Waals surface area (Å²) in [5.74, 6) is 1.57. The minimum Gasteiger partial charge on any atom is -0.494 e. The number of carbonyl (C=O) groups is 2. The SMILES string of the molecule is CCOc1ccc(C2=C(SCCO)C(=O)N(CCc3ccc(OC)c(OC)c3)C2=O)cc1. The van der Waals surface area contributed by atoms with Crippen LogP contribution in [0.2, 0.25) is 0 Å². The number of hydrogen-bond donors (Lipinski definition) is 1. The first kappa shape index (κ1) is 23.7. The molecule has 0 spiro atoms. The molecule has 1 heterocycles. The fourth-order valence-corrected chi connectivity index (χ4v) is 4.33. The molecule has 2 aromatic rings. The average Bonchev–Trinajstić information content (AvgIpc) is 3.05. The van der Waals surface area contributed by atoms with Crippen LogP contribution in [0.1, 0.15) is 18.1 Å². The van der Waals surface area contributed by atoms with Crippen LogP contribution in [0.3, 0.4) is 0 Å². The second-order valence-corrected chi connectivity index (χ2v) is 8.04. The van der Waals surface area contributed by atoms with Crippen molar-refractivity contribution < 1.29 is 28.9 Å². The number of imide groups is 1. The fourth-order valence-electron chi connectivity index (χ4n) is 3.45. The molecular weight excluding hydrogens is 430 g/mol. The minimum atomic E-state index is -0.335. The Morgan fingerprint density at radius 1 is 0.969 bits per heavy atom. The molecule has 0 fully saturated rings. The van der Waals surface area contributed by atoms with Crippen LogP contribution < -0.4 is 14.2 Å². The third-order valence-corrected chi connectivity index (χ3v) is 6.04. The van der Waals surface area contributed by atoms with E-state index in [0.29, 0.717) is 52.1 Å². The number of benzene rings is 2. The molecule has 0 radical (unpaired) electrons. The molecule has 2 amide bonds. The van der Waals surface area contributed by atoms with Crippen molar-refractivity contribution in [2.24, 2.45) is 0 Å². The number of ether oxygens (including phenoxy) is 3. The van der Waals surface area contributed by atoms with E-state index in [1.807, 2.05) is 19.1 Å². The van der Waals surface area contributed by atoms with Crippen LogP contribution in [-0.2, 0) is 16.0 Å². The Labute approximate surface area is 192 Å². The van der Waals surface area contributed by atoms with Crippen molar-refractivity contribution in [1.29, 1.82) is 0 Å². The molecule has 2 aromatic carbocycles. The van der Waals surface area contributed by atoms with Gasteiger partial charge >= 0.3 is 0 Å². The van der Waals surface area contributed by atoms with Gasteiger partial charge in [-0.05, 0) is 48.7 Å². The van der Waals surface area contributed by atoms with Crippen LogP contribution in [0.25, 0.3) is 5.57 Å². The smallest absolute Gasteiger partial charge is 0.267 e. The van der Waals surface area contributed by atoms with Gasteiger partial charge in [-0.2, -0.15) is 0 Å². The van der Waals surface area contributed by atoms with E-state index in [4.69, 9.17) is 14.2 Å². The van der Waals surface area contributed by atoms with Gasteiger partial charge in [0.25, 0.3) is 11.8 Å². The molecule has 7 nitrogen and oxygen atoms in total.